The summed E-state index contributed by atoms with van der Waals surface area (Å²) in [6, 6.07) is 4.06. The van der Waals surface area contributed by atoms with Gasteiger partial charge in [0, 0.05) is 10.6 Å². The van der Waals surface area contributed by atoms with Gasteiger partial charge >= 0.3 is 5.97 Å². The van der Waals surface area contributed by atoms with E-state index in [0.717, 1.165) is 6.07 Å². The summed E-state index contributed by atoms with van der Waals surface area (Å²) in [5.41, 5.74) is -1.03. The van der Waals surface area contributed by atoms with Crippen LogP contribution in [-0.4, -0.2) is 11.1 Å². The number of benzene rings is 1. The van der Waals surface area contributed by atoms with Crippen molar-refractivity contribution < 1.29 is 14.3 Å². The van der Waals surface area contributed by atoms with Crippen molar-refractivity contribution in [2.24, 2.45) is 0 Å². The molecule has 1 aromatic carbocycles. The molecule has 4 heteroatoms. The zero-order chi connectivity index (χ0) is 11.6. The maximum Gasteiger partial charge on any atom is 0.313 e. The summed E-state index contributed by atoms with van der Waals surface area (Å²) in [4.78, 5) is 11.1. The minimum atomic E-state index is -1.20. The maximum absolute atomic E-state index is 13.5. The minimum Gasteiger partial charge on any atom is -0.481 e. The first-order valence-electron chi connectivity index (χ1n) is 4.60. The Morgan fingerprint density at radius 3 is 2.60 bits per heavy atom. The minimum absolute atomic E-state index is 0.168. The summed E-state index contributed by atoms with van der Waals surface area (Å²) in [6.07, 6.45) is 0.320. The maximum atomic E-state index is 13.5. The van der Waals surface area contributed by atoms with Crippen LogP contribution < -0.4 is 0 Å². The Labute approximate surface area is 92.7 Å². The molecule has 1 N–H and O–H groups in total. The topological polar surface area (TPSA) is 37.3 Å². The van der Waals surface area contributed by atoms with E-state index < -0.39 is 17.2 Å². The Kier molecular flexibility index (Phi) is 3.35. The van der Waals surface area contributed by atoms with Crippen molar-refractivity contribution in [3.8, 4) is 0 Å². The van der Waals surface area contributed by atoms with Crippen molar-refractivity contribution in [1.29, 1.82) is 0 Å². The lowest BCUT2D eigenvalue weighted by Crippen LogP contribution is -2.32. The predicted octanol–water partition coefficient (Wildman–Crippen LogP) is 3.23. The molecule has 1 rings (SSSR count). The molecule has 0 radical (unpaired) electrons. The van der Waals surface area contributed by atoms with E-state index in [0.29, 0.717) is 6.42 Å². The van der Waals surface area contributed by atoms with Crippen molar-refractivity contribution in [2.75, 3.05) is 0 Å². The molecule has 0 aromatic heterocycles. The molecule has 1 aromatic rings. The number of aliphatic carboxylic acids is 1. The lowest BCUT2D eigenvalue weighted by Gasteiger charge is -2.24. The highest BCUT2D eigenvalue weighted by Gasteiger charge is 2.35. The standard InChI is InChI=1S/C11H12ClFO2/c1-3-11(2,10(14)15)8-5-4-7(12)6-9(8)13/h4-6H,3H2,1-2H3,(H,14,15). The van der Waals surface area contributed by atoms with E-state index in [1.807, 2.05) is 0 Å². The third kappa shape index (κ3) is 2.12. The smallest absolute Gasteiger partial charge is 0.313 e. The van der Waals surface area contributed by atoms with Gasteiger partial charge in [-0.15, -0.1) is 0 Å². The van der Waals surface area contributed by atoms with Crippen LogP contribution in [-0.2, 0) is 10.2 Å². The van der Waals surface area contributed by atoms with Crippen LogP contribution in [0.3, 0.4) is 0 Å². The molecule has 0 amide bonds. The average Bonchev–Trinajstić information content (AvgIpc) is 2.16. The van der Waals surface area contributed by atoms with E-state index in [1.54, 1.807) is 6.92 Å². The number of carboxylic acid groups (broad SMARTS) is 1. The molecule has 0 aliphatic carbocycles. The number of halogens is 2. The first kappa shape index (κ1) is 12.0. The highest BCUT2D eigenvalue weighted by molar-refractivity contribution is 6.30. The fourth-order valence-electron chi connectivity index (χ4n) is 1.39. The lowest BCUT2D eigenvalue weighted by atomic mass is 9.80. The van der Waals surface area contributed by atoms with Crippen LogP contribution in [0, 0.1) is 5.82 Å². The first-order valence-corrected chi connectivity index (χ1v) is 4.98. The SMILES string of the molecule is CCC(C)(C(=O)O)c1ccc(Cl)cc1F. The zero-order valence-corrected chi connectivity index (χ0v) is 9.31. The van der Waals surface area contributed by atoms with Gasteiger partial charge in [0.1, 0.15) is 5.82 Å². The Morgan fingerprint density at radius 1 is 1.60 bits per heavy atom. The highest BCUT2D eigenvalue weighted by atomic mass is 35.5. The molecule has 15 heavy (non-hydrogen) atoms. The highest BCUT2D eigenvalue weighted by Crippen LogP contribution is 2.31. The zero-order valence-electron chi connectivity index (χ0n) is 8.55. The summed E-state index contributed by atoms with van der Waals surface area (Å²) in [7, 11) is 0. The summed E-state index contributed by atoms with van der Waals surface area (Å²) < 4.78 is 13.5. The molecule has 0 fully saturated rings. The van der Waals surface area contributed by atoms with Gasteiger partial charge in [-0.3, -0.25) is 4.79 Å². The molecule has 1 unspecified atom stereocenters. The molecule has 0 spiro atoms. The van der Waals surface area contributed by atoms with Gasteiger partial charge in [0.2, 0.25) is 0 Å². The van der Waals surface area contributed by atoms with Crippen LogP contribution in [0.25, 0.3) is 0 Å². The number of rotatable bonds is 3. The Bertz CT molecular complexity index is 392. The molecule has 0 saturated heterocycles. The molecule has 0 heterocycles. The lowest BCUT2D eigenvalue weighted by molar-refractivity contribution is -0.143. The molecule has 0 aliphatic heterocycles. The van der Waals surface area contributed by atoms with Gasteiger partial charge in [0.25, 0.3) is 0 Å². The number of hydrogen-bond acceptors (Lipinski definition) is 1. The van der Waals surface area contributed by atoms with Crippen LogP contribution >= 0.6 is 11.6 Å². The van der Waals surface area contributed by atoms with E-state index in [-0.39, 0.29) is 10.6 Å². The van der Waals surface area contributed by atoms with Crippen LogP contribution in [0.5, 0.6) is 0 Å². The normalized spacial score (nSPS) is 14.7. The van der Waals surface area contributed by atoms with E-state index in [2.05, 4.69) is 0 Å². The second-order valence-corrected chi connectivity index (χ2v) is 4.05. The third-order valence-electron chi connectivity index (χ3n) is 2.70. The van der Waals surface area contributed by atoms with Gasteiger partial charge in [-0.25, -0.2) is 4.39 Å². The number of hydrogen-bond donors (Lipinski definition) is 1. The van der Waals surface area contributed by atoms with Crippen LogP contribution in [0.1, 0.15) is 25.8 Å². The molecule has 0 aliphatic rings. The fraction of sp³-hybridized carbons (Fsp3) is 0.364. The van der Waals surface area contributed by atoms with Gasteiger partial charge < -0.3 is 5.11 Å². The summed E-state index contributed by atoms with van der Waals surface area (Å²) in [6.45, 7) is 3.21. The van der Waals surface area contributed by atoms with Crippen LogP contribution in [0.4, 0.5) is 4.39 Å². The molecule has 1 atom stereocenters. The second kappa shape index (κ2) is 4.19. The third-order valence-corrected chi connectivity index (χ3v) is 2.94. The van der Waals surface area contributed by atoms with Crippen molar-refractivity contribution >= 4 is 17.6 Å². The Balaban J connectivity index is 3.30. The van der Waals surface area contributed by atoms with Crippen molar-refractivity contribution in [1.82, 2.24) is 0 Å². The fourth-order valence-corrected chi connectivity index (χ4v) is 1.55. The summed E-state index contributed by atoms with van der Waals surface area (Å²) in [5, 5.41) is 9.34. The van der Waals surface area contributed by atoms with Gasteiger partial charge in [0.05, 0.1) is 5.41 Å². The molecule has 82 valence electrons. The first-order chi connectivity index (χ1) is 6.91. The van der Waals surface area contributed by atoms with Gasteiger partial charge in [-0.2, -0.15) is 0 Å². The predicted molar refractivity (Wildman–Crippen MR) is 56.7 cm³/mol. The van der Waals surface area contributed by atoms with Crippen LogP contribution in [0.2, 0.25) is 5.02 Å². The monoisotopic (exact) mass is 230 g/mol. The van der Waals surface area contributed by atoms with E-state index in [9.17, 15) is 9.18 Å². The van der Waals surface area contributed by atoms with Crippen molar-refractivity contribution in [3.05, 3.63) is 34.6 Å². The molecular weight excluding hydrogens is 219 g/mol. The number of carboxylic acids is 1. The second-order valence-electron chi connectivity index (χ2n) is 3.61. The van der Waals surface area contributed by atoms with Gasteiger partial charge in [-0.1, -0.05) is 24.6 Å². The van der Waals surface area contributed by atoms with Crippen LogP contribution in [0.15, 0.2) is 18.2 Å². The van der Waals surface area contributed by atoms with E-state index >= 15 is 0 Å². The average molecular weight is 231 g/mol. The van der Waals surface area contributed by atoms with Gasteiger partial charge in [0.15, 0.2) is 0 Å². The molecule has 0 bridgehead atoms. The van der Waals surface area contributed by atoms with E-state index in [4.69, 9.17) is 16.7 Å². The quantitative estimate of drug-likeness (QED) is 0.866. The molecule has 0 saturated carbocycles. The summed E-state index contributed by atoms with van der Waals surface area (Å²) in [5.74, 6) is -1.61. The molecule has 2 nitrogen and oxygen atoms in total. The largest absolute Gasteiger partial charge is 0.481 e. The summed E-state index contributed by atoms with van der Waals surface area (Å²) >= 11 is 5.60. The van der Waals surface area contributed by atoms with Crippen molar-refractivity contribution in [2.45, 2.75) is 25.7 Å². The van der Waals surface area contributed by atoms with Crippen molar-refractivity contribution in [3.63, 3.8) is 0 Å². The van der Waals surface area contributed by atoms with E-state index in [1.165, 1.54) is 19.1 Å². The Morgan fingerprint density at radius 2 is 2.20 bits per heavy atom. The Hall–Kier alpha value is -1.09. The molecular formula is C11H12ClFO2. The number of carbonyl (C=O) groups is 1. The van der Waals surface area contributed by atoms with Gasteiger partial charge in [-0.05, 0) is 25.5 Å².